The summed E-state index contributed by atoms with van der Waals surface area (Å²) in [4.78, 5) is 5.37. The lowest BCUT2D eigenvalue weighted by atomic mass is 9.80. The number of likely N-dealkylation sites (tertiary alicyclic amines) is 1. The second-order valence-electron chi connectivity index (χ2n) is 9.67. The lowest BCUT2D eigenvalue weighted by Crippen LogP contribution is -2.50. The van der Waals surface area contributed by atoms with Gasteiger partial charge in [-0.1, -0.05) is 34.6 Å². The standard InChI is InChI=1S/C19H39N3/c1-18(2,3)14-17-6-10-21(11-7-17)15-19(4,5)16-22-12-8-20-9-13-22/h17,20H,6-16H2,1-5H3. The van der Waals surface area contributed by atoms with Gasteiger partial charge in [0.1, 0.15) is 0 Å². The molecule has 22 heavy (non-hydrogen) atoms. The van der Waals surface area contributed by atoms with Crippen molar-refractivity contribution < 1.29 is 0 Å². The predicted octanol–water partition coefficient (Wildman–Crippen LogP) is 3.07. The zero-order valence-corrected chi connectivity index (χ0v) is 15.7. The van der Waals surface area contributed by atoms with Gasteiger partial charge < -0.3 is 15.1 Å². The maximum absolute atomic E-state index is 3.45. The van der Waals surface area contributed by atoms with Gasteiger partial charge in [-0.2, -0.15) is 0 Å². The first-order valence-electron chi connectivity index (χ1n) is 9.39. The molecule has 2 rings (SSSR count). The van der Waals surface area contributed by atoms with E-state index >= 15 is 0 Å². The molecule has 0 aromatic carbocycles. The van der Waals surface area contributed by atoms with Crippen molar-refractivity contribution in [3.05, 3.63) is 0 Å². The summed E-state index contributed by atoms with van der Waals surface area (Å²) in [5, 5.41) is 3.45. The molecule has 0 atom stereocenters. The molecule has 0 saturated carbocycles. The van der Waals surface area contributed by atoms with Crippen LogP contribution in [-0.2, 0) is 0 Å². The Bertz CT molecular complexity index is 318. The van der Waals surface area contributed by atoms with E-state index in [9.17, 15) is 0 Å². The Balaban J connectivity index is 1.72. The molecule has 0 aliphatic carbocycles. The highest BCUT2D eigenvalue weighted by atomic mass is 15.2. The van der Waals surface area contributed by atoms with Gasteiger partial charge in [0.05, 0.1) is 0 Å². The van der Waals surface area contributed by atoms with E-state index < -0.39 is 0 Å². The van der Waals surface area contributed by atoms with Gasteiger partial charge in [0.2, 0.25) is 0 Å². The number of hydrogen-bond acceptors (Lipinski definition) is 3. The van der Waals surface area contributed by atoms with Crippen LogP contribution in [0.3, 0.4) is 0 Å². The van der Waals surface area contributed by atoms with Crippen LogP contribution in [0.15, 0.2) is 0 Å². The number of hydrogen-bond donors (Lipinski definition) is 1. The molecule has 0 amide bonds. The van der Waals surface area contributed by atoms with Gasteiger partial charge in [-0.3, -0.25) is 0 Å². The van der Waals surface area contributed by atoms with Gasteiger partial charge in [-0.15, -0.1) is 0 Å². The van der Waals surface area contributed by atoms with Gasteiger partial charge in [-0.25, -0.2) is 0 Å². The molecule has 0 spiro atoms. The van der Waals surface area contributed by atoms with Gasteiger partial charge in [0.25, 0.3) is 0 Å². The average Bonchev–Trinajstić information content (AvgIpc) is 2.39. The number of piperidine rings is 1. The van der Waals surface area contributed by atoms with E-state index in [1.54, 1.807) is 0 Å². The minimum Gasteiger partial charge on any atom is -0.314 e. The fraction of sp³-hybridized carbons (Fsp3) is 1.00. The lowest BCUT2D eigenvalue weighted by molar-refractivity contribution is 0.0825. The van der Waals surface area contributed by atoms with Crippen LogP contribution in [0, 0.1) is 16.7 Å². The molecular formula is C19H39N3. The molecular weight excluding hydrogens is 270 g/mol. The number of piperazine rings is 1. The van der Waals surface area contributed by atoms with Crippen molar-refractivity contribution in [2.24, 2.45) is 16.7 Å². The third kappa shape index (κ3) is 6.55. The molecule has 0 bridgehead atoms. The summed E-state index contributed by atoms with van der Waals surface area (Å²) < 4.78 is 0. The van der Waals surface area contributed by atoms with Gasteiger partial charge in [0, 0.05) is 39.3 Å². The van der Waals surface area contributed by atoms with Crippen LogP contribution in [0.4, 0.5) is 0 Å². The van der Waals surface area contributed by atoms with Crippen molar-refractivity contribution in [2.45, 2.75) is 53.9 Å². The summed E-state index contributed by atoms with van der Waals surface area (Å²) in [5.41, 5.74) is 0.905. The normalized spacial score (nSPS) is 23.9. The largest absolute Gasteiger partial charge is 0.314 e. The quantitative estimate of drug-likeness (QED) is 0.842. The van der Waals surface area contributed by atoms with Gasteiger partial charge in [0.15, 0.2) is 0 Å². The van der Waals surface area contributed by atoms with Gasteiger partial charge in [-0.05, 0) is 49.1 Å². The molecule has 0 aromatic rings. The molecule has 3 heteroatoms. The van der Waals surface area contributed by atoms with Crippen LogP contribution in [-0.4, -0.2) is 62.2 Å². The minimum absolute atomic E-state index is 0.411. The van der Waals surface area contributed by atoms with Crippen molar-refractivity contribution >= 4 is 0 Å². The van der Waals surface area contributed by atoms with Crippen LogP contribution < -0.4 is 5.32 Å². The summed E-state index contributed by atoms with van der Waals surface area (Å²) in [6.07, 6.45) is 4.20. The van der Waals surface area contributed by atoms with Crippen molar-refractivity contribution in [3.63, 3.8) is 0 Å². The van der Waals surface area contributed by atoms with Gasteiger partial charge >= 0.3 is 0 Å². The van der Waals surface area contributed by atoms with E-state index in [-0.39, 0.29) is 0 Å². The van der Waals surface area contributed by atoms with Crippen molar-refractivity contribution in [1.82, 2.24) is 15.1 Å². The van der Waals surface area contributed by atoms with Crippen LogP contribution in [0.5, 0.6) is 0 Å². The topological polar surface area (TPSA) is 18.5 Å². The maximum Gasteiger partial charge on any atom is 0.0108 e. The summed E-state index contributed by atoms with van der Waals surface area (Å²) in [6.45, 7) is 22.0. The lowest BCUT2D eigenvalue weighted by Gasteiger charge is -2.41. The van der Waals surface area contributed by atoms with Crippen LogP contribution in [0.1, 0.15) is 53.9 Å². The van der Waals surface area contributed by atoms with E-state index in [0.717, 1.165) is 19.0 Å². The Morgan fingerprint density at radius 1 is 0.818 bits per heavy atom. The first-order valence-corrected chi connectivity index (χ1v) is 9.39. The zero-order chi connectivity index (χ0) is 16.2. The Morgan fingerprint density at radius 2 is 1.32 bits per heavy atom. The Morgan fingerprint density at radius 3 is 1.82 bits per heavy atom. The average molecular weight is 310 g/mol. The molecule has 2 fully saturated rings. The SMILES string of the molecule is CC(C)(C)CC1CCN(CC(C)(C)CN2CCNCC2)CC1. The molecule has 2 aliphatic heterocycles. The fourth-order valence-corrected chi connectivity index (χ4v) is 4.34. The summed E-state index contributed by atoms with van der Waals surface area (Å²) in [6, 6.07) is 0. The van der Waals surface area contributed by atoms with Crippen LogP contribution in [0.25, 0.3) is 0 Å². The third-order valence-corrected chi connectivity index (χ3v) is 5.12. The smallest absolute Gasteiger partial charge is 0.0108 e. The maximum atomic E-state index is 3.45. The van der Waals surface area contributed by atoms with Crippen LogP contribution >= 0.6 is 0 Å². The number of nitrogens with one attached hydrogen (secondary N) is 1. The third-order valence-electron chi connectivity index (χ3n) is 5.12. The van der Waals surface area contributed by atoms with E-state index in [1.807, 2.05) is 0 Å². The monoisotopic (exact) mass is 309 g/mol. The van der Waals surface area contributed by atoms with E-state index in [2.05, 4.69) is 49.7 Å². The summed E-state index contributed by atoms with van der Waals surface area (Å²) in [7, 11) is 0. The van der Waals surface area contributed by atoms with E-state index in [1.165, 1.54) is 58.5 Å². The Hall–Kier alpha value is -0.120. The molecule has 0 unspecified atom stereocenters. The van der Waals surface area contributed by atoms with E-state index in [4.69, 9.17) is 0 Å². The predicted molar refractivity (Wildman–Crippen MR) is 96.3 cm³/mol. The highest BCUT2D eigenvalue weighted by Gasteiger charge is 2.29. The second kappa shape index (κ2) is 7.63. The highest BCUT2D eigenvalue weighted by molar-refractivity contribution is 4.83. The first kappa shape index (κ1) is 18.2. The fourth-order valence-electron chi connectivity index (χ4n) is 4.34. The summed E-state index contributed by atoms with van der Waals surface area (Å²) in [5.74, 6) is 0.951. The van der Waals surface area contributed by atoms with E-state index in [0.29, 0.717) is 10.8 Å². The molecule has 2 saturated heterocycles. The number of nitrogens with zero attached hydrogens (tertiary/aromatic N) is 2. The Kier molecular flexibility index (Phi) is 6.32. The molecule has 3 nitrogen and oxygen atoms in total. The van der Waals surface area contributed by atoms with Crippen molar-refractivity contribution in [1.29, 1.82) is 0 Å². The first-order chi connectivity index (χ1) is 10.2. The van der Waals surface area contributed by atoms with Crippen molar-refractivity contribution in [2.75, 3.05) is 52.4 Å². The minimum atomic E-state index is 0.411. The molecule has 130 valence electrons. The van der Waals surface area contributed by atoms with Crippen molar-refractivity contribution in [3.8, 4) is 0 Å². The Labute approximate surface area is 138 Å². The summed E-state index contributed by atoms with van der Waals surface area (Å²) >= 11 is 0. The second-order valence-corrected chi connectivity index (χ2v) is 9.67. The molecule has 1 N–H and O–H groups in total. The number of rotatable bonds is 5. The highest BCUT2D eigenvalue weighted by Crippen LogP contribution is 2.32. The van der Waals surface area contributed by atoms with Crippen LogP contribution in [0.2, 0.25) is 0 Å². The molecule has 0 radical (unpaired) electrons. The zero-order valence-electron chi connectivity index (χ0n) is 15.7. The molecule has 2 aliphatic rings. The molecule has 2 heterocycles. The molecule has 0 aromatic heterocycles.